The molecule has 1 aromatic heterocycles. The van der Waals surface area contributed by atoms with E-state index in [-0.39, 0.29) is 6.03 Å². The molecule has 0 radical (unpaired) electrons. The van der Waals surface area contributed by atoms with Crippen LogP contribution in [0.5, 0.6) is 0 Å². The number of aromatic nitrogens is 1. The lowest BCUT2D eigenvalue weighted by molar-refractivity contribution is -0.138. The van der Waals surface area contributed by atoms with Crippen molar-refractivity contribution in [2.75, 3.05) is 13.1 Å². The quantitative estimate of drug-likeness (QED) is 0.682. The topological polar surface area (TPSA) is 125 Å². The zero-order valence-corrected chi connectivity index (χ0v) is 13.6. The molecule has 0 aliphatic carbocycles. The molecule has 0 spiro atoms. The minimum atomic E-state index is -0.972. The molecule has 3 rings (SSSR count). The molecular weight excluding hydrogens is 308 g/mol. The molecule has 24 heavy (non-hydrogen) atoms. The van der Waals surface area contributed by atoms with E-state index in [4.69, 9.17) is 16.6 Å². The Morgan fingerprint density at radius 1 is 1.21 bits per heavy atom. The number of nitrogens with one attached hydrogen (secondary N) is 1. The number of carbonyl (C=O) groups excluding carboxylic acids is 1. The number of rotatable bonds is 3. The van der Waals surface area contributed by atoms with E-state index in [9.17, 15) is 9.59 Å². The third-order valence-corrected chi connectivity index (χ3v) is 4.10. The van der Waals surface area contributed by atoms with Crippen LogP contribution < -0.4 is 11.5 Å². The number of carboxylic acid groups (broad SMARTS) is 1. The van der Waals surface area contributed by atoms with Crippen molar-refractivity contribution < 1.29 is 14.7 Å². The third-order valence-electron chi connectivity index (χ3n) is 4.10. The molecule has 1 aromatic carbocycles. The monoisotopic (exact) mass is 332 g/mol. The fourth-order valence-electron chi connectivity index (χ4n) is 2.74. The predicted octanol–water partition coefficient (Wildman–Crippen LogP) is 1.67. The van der Waals surface area contributed by atoms with Crippen molar-refractivity contribution in [2.45, 2.75) is 31.7 Å². The molecule has 2 amide bonds. The van der Waals surface area contributed by atoms with Crippen molar-refractivity contribution in [1.82, 2.24) is 9.88 Å². The molecule has 6 N–H and O–H groups in total. The highest BCUT2D eigenvalue weighted by atomic mass is 16.4. The normalized spacial score (nSPS) is 15.5. The van der Waals surface area contributed by atoms with Crippen LogP contribution in [-0.2, 0) is 11.2 Å². The van der Waals surface area contributed by atoms with E-state index in [1.807, 2.05) is 30.5 Å². The SMILES string of the molecule is NC(=O)N1CCCCC1.N[C@@H](Cc1c[nH]c2ccccc12)C(=O)O. The van der Waals surface area contributed by atoms with Crippen LogP contribution in [0.2, 0.25) is 0 Å². The number of piperidine rings is 1. The van der Waals surface area contributed by atoms with Crippen molar-refractivity contribution >= 4 is 22.9 Å². The smallest absolute Gasteiger partial charge is 0.320 e. The molecule has 130 valence electrons. The van der Waals surface area contributed by atoms with E-state index < -0.39 is 12.0 Å². The Morgan fingerprint density at radius 3 is 2.46 bits per heavy atom. The molecular formula is C17H24N4O3. The fraction of sp³-hybridized carbons (Fsp3) is 0.412. The first-order chi connectivity index (χ1) is 11.5. The summed E-state index contributed by atoms with van der Waals surface area (Å²) in [5.41, 5.74) is 12.5. The number of carbonyl (C=O) groups is 2. The second-order valence-electron chi connectivity index (χ2n) is 5.89. The lowest BCUT2D eigenvalue weighted by atomic mass is 10.1. The Bertz CT molecular complexity index is 692. The number of amides is 2. The maximum absolute atomic E-state index is 10.6. The third kappa shape index (κ3) is 4.73. The summed E-state index contributed by atoms with van der Waals surface area (Å²) in [4.78, 5) is 25.9. The van der Waals surface area contributed by atoms with Gasteiger partial charge in [-0.2, -0.15) is 0 Å². The maximum atomic E-state index is 10.6. The Morgan fingerprint density at radius 2 is 1.88 bits per heavy atom. The average molecular weight is 332 g/mol. The van der Waals surface area contributed by atoms with Gasteiger partial charge in [-0.1, -0.05) is 18.2 Å². The maximum Gasteiger partial charge on any atom is 0.320 e. The number of primary amides is 1. The van der Waals surface area contributed by atoms with Crippen LogP contribution in [0.25, 0.3) is 10.9 Å². The fourth-order valence-corrected chi connectivity index (χ4v) is 2.74. The van der Waals surface area contributed by atoms with Gasteiger partial charge in [0.2, 0.25) is 0 Å². The van der Waals surface area contributed by atoms with Crippen LogP contribution in [0, 0.1) is 0 Å². The summed E-state index contributed by atoms with van der Waals surface area (Å²) >= 11 is 0. The summed E-state index contributed by atoms with van der Waals surface area (Å²) in [5.74, 6) is -0.972. The average Bonchev–Trinajstić information content (AvgIpc) is 2.99. The number of hydrogen-bond acceptors (Lipinski definition) is 3. The Balaban J connectivity index is 0.000000198. The number of aliphatic carboxylic acids is 1. The number of urea groups is 1. The lowest BCUT2D eigenvalue weighted by Gasteiger charge is -2.24. The molecule has 2 heterocycles. The van der Waals surface area contributed by atoms with E-state index in [0.717, 1.165) is 42.4 Å². The van der Waals surface area contributed by atoms with Crippen LogP contribution >= 0.6 is 0 Å². The van der Waals surface area contributed by atoms with Crippen LogP contribution in [0.15, 0.2) is 30.5 Å². The summed E-state index contributed by atoms with van der Waals surface area (Å²) in [6.45, 7) is 1.71. The van der Waals surface area contributed by atoms with Gasteiger partial charge in [0.15, 0.2) is 0 Å². The van der Waals surface area contributed by atoms with Gasteiger partial charge in [0.1, 0.15) is 6.04 Å². The van der Waals surface area contributed by atoms with Gasteiger partial charge in [0.05, 0.1) is 0 Å². The largest absolute Gasteiger partial charge is 0.480 e. The van der Waals surface area contributed by atoms with E-state index in [2.05, 4.69) is 4.98 Å². The Kier molecular flexibility index (Phi) is 6.20. The molecule has 7 heteroatoms. The number of nitrogens with zero attached hydrogens (tertiary/aromatic N) is 1. The molecule has 2 aromatic rings. The number of hydrogen-bond donors (Lipinski definition) is 4. The first kappa shape index (κ1) is 17.8. The van der Waals surface area contributed by atoms with Crippen LogP contribution in [0.4, 0.5) is 4.79 Å². The standard InChI is InChI=1S/C11H12N2O2.C6H12N2O/c12-9(11(14)15)5-7-6-13-10-4-2-1-3-8(7)10;7-6(9)8-4-2-1-3-5-8/h1-4,6,9,13H,5,12H2,(H,14,15);1-5H2,(H2,7,9)/t9-;/m0./s1. The molecule has 1 saturated heterocycles. The summed E-state index contributed by atoms with van der Waals surface area (Å²) in [6, 6.07) is 6.64. The van der Waals surface area contributed by atoms with Crippen molar-refractivity contribution in [1.29, 1.82) is 0 Å². The van der Waals surface area contributed by atoms with Gasteiger partial charge in [0.25, 0.3) is 0 Å². The summed E-state index contributed by atoms with van der Waals surface area (Å²) < 4.78 is 0. The highest BCUT2D eigenvalue weighted by Crippen LogP contribution is 2.18. The molecule has 7 nitrogen and oxygen atoms in total. The lowest BCUT2D eigenvalue weighted by Crippen LogP contribution is -2.39. The van der Waals surface area contributed by atoms with E-state index in [0.29, 0.717) is 6.42 Å². The van der Waals surface area contributed by atoms with Crippen LogP contribution in [-0.4, -0.2) is 46.1 Å². The number of H-pyrrole nitrogens is 1. The molecule has 0 bridgehead atoms. The number of aromatic amines is 1. The second-order valence-corrected chi connectivity index (χ2v) is 5.89. The van der Waals surface area contributed by atoms with Crippen molar-refractivity contribution in [2.24, 2.45) is 11.5 Å². The zero-order chi connectivity index (χ0) is 17.5. The van der Waals surface area contributed by atoms with Crippen molar-refractivity contribution in [3.63, 3.8) is 0 Å². The van der Waals surface area contributed by atoms with Gasteiger partial charge in [-0.3, -0.25) is 4.79 Å². The van der Waals surface area contributed by atoms with Gasteiger partial charge in [-0.15, -0.1) is 0 Å². The molecule has 1 atom stereocenters. The Hall–Kier alpha value is -2.54. The van der Waals surface area contributed by atoms with Gasteiger partial charge in [0, 0.05) is 36.6 Å². The van der Waals surface area contributed by atoms with Crippen molar-refractivity contribution in [3.8, 4) is 0 Å². The zero-order valence-electron chi connectivity index (χ0n) is 13.6. The molecule has 0 unspecified atom stereocenters. The van der Waals surface area contributed by atoms with E-state index in [1.165, 1.54) is 6.42 Å². The Labute approximate surface area is 140 Å². The highest BCUT2D eigenvalue weighted by Gasteiger charge is 2.14. The second kappa shape index (κ2) is 8.35. The molecule has 1 aliphatic rings. The molecule has 1 aliphatic heterocycles. The van der Waals surface area contributed by atoms with Gasteiger partial charge in [-0.05, 0) is 30.9 Å². The predicted molar refractivity (Wildman–Crippen MR) is 92.6 cm³/mol. The number of likely N-dealkylation sites (tertiary alicyclic amines) is 1. The minimum absolute atomic E-state index is 0.269. The highest BCUT2D eigenvalue weighted by molar-refractivity contribution is 5.84. The minimum Gasteiger partial charge on any atom is -0.480 e. The number of para-hydroxylation sites is 1. The van der Waals surface area contributed by atoms with Crippen LogP contribution in [0.1, 0.15) is 24.8 Å². The van der Waals surface area contributed by atoms with Gasteiger partial charge < -0.3 is 26.5 Å². The summed E-state index contributed by atoms with van der Waals surface area (Å²) in [6.07, 6.45) is 5.63. The van der Waals surface area contributed by atoms with Crippen molar-refractivity contribution in [3.05, 3.63) is 36.0 Å². The van der Waals surface area contributed by atoms with E-state index in [1.54, 1.807) is 4.90 Å². The van der Waals surface area contributed by atoms with E-state index >= 15 is 0 Å². The summed E-state index contributed by atoms with van der Waals surface area (Å²) in [5, 5.41) is 9.75. The summed E-state index contributed by atoms with van der Waals surface area (Å²) in [7, 11) is 0. The first-order valence-electron chi connectivity index (χ1n) is 8.07. The van der Waals surface area contributed by atoms with Gasteiger partial charge >= 0.3 is 12.0 Å². The number of fused-ring (bicyclic) bond motifs is 1. The number of benzene rings is 1. The number of carboxylic acids is 1. The first-order valence-corrected chi connectivity index (χ1v) is 8.07. The molecule has 0 saturated carbocycles. The van der Waals surface area contributed by atoms with Crippen LogP contribution in [0.3, 0.4) is 0 Å². The number of nitrogens with two attached hydrogens (primary N) is 2. The van der Waals surface area contributed by atoms with Gasteiger partial charge in [-0.25, -0.2) is 4.79 Å². The molecule has 1 fully saturated rings.